The molecule has 0 aromatic rings. The van der Waals surface area contributed by atoms with E-state index in [0.717, 1.165) is 7.11 Å². The second-order valence-electron chi connectivity index (χ2n) is 3.02. The van der Waals surface area contributed by atoms with Crippen molar-refractivity contribution in [2.45, 2.75) is 12.2 Å². The number of carbonyl (C=O) groups excluding carboxylic acids is 2. The number of amides is 1. The highest BCUT2D eigenvalue weighted by Gasteiger charge is 2.42. The van der Waals surface area contributed by atoms with Gasteiger partial charge in [0.2, 0.25) is 0 Å². The van der Waals surface area contributed by atoms with Crippen molar-refractivity contribution in [3.8, 4) is 0 Å². The second-order valence-corrected chi connectivity index (χ2v) is 3.02. The van der Waals surface area contributed by atoms with Crippen LogP contribution in [-0.2, 0) is 14.3 Å². The minimum absolute atomic E-state index is 0.853. The molecule has 0 saturated heterocycles. The van der Waals surface area contributed by atoms with E-state index in [-0.39, 0.29) is 0 Å². The lowest BCUT2D eigenvalue weighted by Crippen LogP contribution is -2.50. The number of methoxy groups -OCH3 is 1. The van der Waals surface area contributed by atoms with Crippen LogP contribution < -0.4 is 5.32 Å². The Morgan fingerprint density at radius 3 is 2.06 bits per heavy atom. The Morgan fingerprint density at radius 1 is 1.29 bits per heavy atom. The van der Waals surface area contributed by atoms with Crippen LogP contribution in [0.3, 0.4) is 0 Å². The molecular formula is C10H12F3NO3. The largest absolute Gasteiger partial charge is 0.471 e. The molecule has 0 saturated carbocycles. The van der Waals surface area contributed by atoms with Crippen molar-refractivity contribution >= 4 is 11.9 Å². The SMILES string of the molecule is C=CC(C=C)[C@@H](NC(=O)C(F)(F)F)C(=O)OC. The van der Waals surface area contributed by atoms with Gasteiger partial charge in [0.25, 0.3) is 0 Å². The van der Waals surface area contributed by atoms with Gasteiger partial charge in [-0.25, -0.2) is 4.79 Å². The van der Waals surface area contributed by atoms with E-state index in [4.69, 9.17) is 0 Å². The van der Waals surface area contributed by atoms with Gasteiger partial charge in [0, 0.05) is 5.92 Å². The van der Waals surface area contributed by atoms with Gasteiger partial charge in [0.1, 0.15) is 6.04 Å². The molecule has 0 heterocycles. The number of carbonyl (C=O) groups is 2. The summed E-state index contributed by atoms with van der Waals surface area (Å²) in [5.41, 5.74) is 0. The molecule has 17 heavy (non-hydrogen) atoms. The number of halogens is 3. The van der Waals surface area contributed by atoms with E-state index in [1.165, 1.54) is 17.5 Å². The highest BCUT2D eigenvalue weighted by atomic mass is 19.4. The number of nitrogens with one attached hydrogen (secondary N) is 1. The lowest BCUT2D eigenvalue weighted by molar-refractivity contribution is -0.176. The molecule has 0 rings (SSSR count). The zero-order valence-electron chi connectivity index (χ0n) is 9.08. The van der Waals surface area contributed by atoms with E-state index < -0.39 is 30.0 Å². The summed E-state index contributed by atoms with van der Waals surface area (Å²) < 4.78 is 40.4. The van der Waals surface area contributed by atoms with E-state index in [9.17, 15) is 22.8 Å². The predicted molar refractivity (Wildman–Crippen MR) is 53.9 cm³/mol. The highest BCUT2D eigenvalue weighted by molar-refractivity contribution is 5.88. The van der Waals surface area contributed by atoms with Gasteiger partial charge in [-0.15, -0.1) is 13.2 Å². The van der Waals surface area contributed by atoms with Gasteiger partial charge >= 0.3 is 18.1 Å². The molecule has 0 aliphatic heterocycles. The van der Waals surface area contributed by atoms with Gasteiger partial charge in [0.05, 0.1) is 7.11 Å². The van der Waals surface area contributed by atoms with E-state index in [0.29, 0.717) is 0 Å². The van der Waals surface area contributed by atoms with Crippen molar-refractivity contribution in [1.29, 1.82) is 0 Å². The Labute approximate surface area is 96.1 Å². The summed E-state index contributed by atoms with van der Waals surface area (Å²) in [6.07, 6.45) is -2.70. The van der Waals surface area contributed by atoms with Crippen molar-refractivity contribution in [3.63, 3.8) is 0 Å². The first kappa shape index (κ1) is 15.2. The third-order valence-electron chi connectivity index (χ3n) is 1.93. The molecule has 0 spiro atoms. The Bertz CT molecular complexity index is 317. The summed E-state index contributed by atoms with van der Waals surface area (Å²) in [6, 6.07) is -1.50. The van der Waals surface area contributed by atoms with Gasteiger partial charge in [-0.2, -0.15) is 13.2 Å². The first-order valence-corrected chi connectivity index (χ1v) is 4.48. The van der Waals surface area contributed by atoms with E-state index in [1.807, 2.05) is 0 Å². The Kier molecular flexibility index (Phi) is 5.43. The lowest BCUT2D eigenvalue weighted by Gasteiger charge is -2.21. The second kappa shape index (κ2) is 6.07. The molecule has 1 amide bonds. The Hall–Kier alpha value is -1.79. The van der Waals surface area contributed by atoms with Gasteiger partial charge in [-0.05, 0) is 0 Å². The summed E-state index contributed by atoms with van der Waals surface area (Å²) >= 11 is 0. The van der Waals surface area contributed by atoms with Crippen molar-refractivity contribution < 1.29 is 27.5 Å². The van der Waals surface area contributed by atoms with Crippen LogP contribution in [0.15, 0.2) is 25.3 Å². The smallest absolute Gasteiger partial charge is 0.467 e. The molecule has 1 N–H and O–H groups in total. The maximum absolute atomic E-state index is 12.0. The average molecular weight is 251 g/mol. The van der Waals surface area contributed by atoms with E-state index in [2.05, 4.69) is 17.9 Å². The molecule has 96 valence electrons. The molecule has 0 aromatic carbocycles. The lowest BCUT2D eigenvalue weighted by atomic mass is 10.00. The molecule has 0 unspecified atom stereocenters. The zero-order valence-corrected chi connectivity index (χ0v) is 9.08. The van der Waals surface area contributed by atoms with Crippen LogP contribution in [0.5, 0.6) is 0 Å². The monoisotopic (exact) mass is 251 g/mol. The number of rotatable bonds is 5. The molecule has 0 fully saturated rings. The highest BCUT2D eigenvalue weighted by Crippen LogP contribution is 2.16. The molecule has 0 aliphatic carbocycles. The number of alkyl halides is 3. The summed E-state index contributed by atoms with van der Waals surface area (Å²) in [6.45, 7) is 6.65. The number of esters is 1. The minimum Gasteiger partial charge on any atom is -0.467 e. The van der Waals surface area contributed by atoms with Crippen LogP contribution in [0.2, 0.25) is 0 Å². The fourth-order valence-electron chi connectivity index (χ4n) is 1.03. The van der Waals surface area contributed by atoms with Crippen LogP contribution in [0.4, 0.5) is 13.2 Å². The van der Waals surface area contributed by atoms with E-state index >= 15 is 0 Å². The third-order valence-corrected chi connectivity index (χ3v) is 1.93. The molecule has 4 nitrogen and oxygen atoms in total. The topological polar surface area (TPSA) is 55.4 Å². The van der Waals surface area contributed by atoms with Gasteiger partial charge in [0.15, 0.2) is 0 Å². The Morgan fingerprint density at radius 2 is 1.76 bits per heavy atom. The summed E-state index contributed by atoms with van der Waals surface area (Å²) in [5.74, 6) is -4.08. The fraction of sp³-hybridized carbons (Fsp3) is 0.400. The number of ether oxygens (including phenoxy) is 1. The maximum Gasteiger partial charge on any atom is 0.471 e. The minimum atomic E-state index is -5.07. The first-order valence-electron chi connectivity index (χ1n) is 4.48. The summed E-state index contributed by atoms with van der Waals surface area (Å²) in [7, 11) is 0.998. The van der Waals surface area contributed by atoms with Crippen LogP contribution >= 0.6 is 0 Å². The number of hydrogen-bond acceptors (Lipinski definition) is 3. The predicted octanol–water partition coefficient (Wildman–Crippen LogP) is 1.19. The maximum atomic E-state index is 12.0. The van der Waals surface area contributed by atoms with E-state index in [1.54, 1.807) is 0 Å². The molecule has 1 atom stereocenters. The molecule has 0 radical (unpaired) electrons. The average Bonchev–Trinajstić information content (AvgIpc) is 2.26. The standard InChI is InChI=1S/C10H12F3NO3/c1-4-6(5-2)7(8(15)17-3)14-9(16)10(11,12)13/h4-7H,1-2H2,3H3,(H,14,16)/t7-/m1/s1. The van der Waals surface area contributed by atoms with Crippen LogP contribution in [0.1, 0.15) is 0 Å². The van der Waals surface area contributed by atoms with Crippen LogP contribution in [0, 0.1) is 5.92 Å². The molecule has 0 bridgehead atoms. The van der Waals surface area contributed by atoms with Crippen LogP contribution in [-0.4, -0.2) is 31.2 Å². The van der Waals surface area contributed by atoms with Crippen molar-refractivity contribution in [1.82, 2.24) is 5.32 Å². The van der Waals surface area contributed by atoms with Crippen LogP contribution in [0.25, 0.3) is 0 Å². The summed E-state index contributed by atoms with van der Waals surface area (Å²) in [5, 5.41) is 1.53. The number of hydrogen-bond donors (Lipinski definition) is 1. The normalized spacial score (nSPS) is 12.8. The molecule has 0 aromatic heterocycles. The molecular weight excluding hydrogens is 239 g/mol. The molecule has 7 heteroatoms. The van der Waals surface area contributed by atoms with Gasteiger partial charge in [-0.3, -0.25) is 4.79 Å². The van der Waals surface area contributed by atoms with Gasteiger partial charge in [-0.1, -0.05) is 12.2 Å². The fourth-order valence-corrected chi connectivity index (χ4v) is 1.03. The van der Waals surface area contributed by atoms with Crippen molar-refractivity contribution in [2.75, 3.05) is 7.11 Å². The Balaban J connectivity index is 4.96. The first-order chi connectivity index (χ1) is 7.77. The van der Waals surface area contributed by atoms with Crippen molar-refractivity contribution in [3.05, 3.63) is 25.3 Å². The van der Waals surface area contributed by atoms with Crippen molar-refractivity contribution in [2.24, 2.45) is 5.92 Å². The summed E-state index contributed by atoms with van der Waals surface area (Å²) in [4.78, 5) is 22.0. The third kappa shape index (κ3) is 4.29. The zero-order chi connectivity index (χ0) is 13.6. The van der Waals surface area contributed by atoms with Gasteiger partial charge < -0.3 is 10.1 Å². The molecule has 0 aliphatic rings. The quantitative estimate of drug-likeness (QED) is 0.590.